The van der Waals surface area contributed by atoms with Crippen LogP contribution in [-0.2, 0) is 6.61 Å². The molecule has 1 spiro atoms. The van der Waals surface area contributed by atoms with Crippen molar-refractivity contribution < 1.29 is 14.6 Å². The van der Waals surface area contributed by atoms with Crippen LogP contribution in [0.3, 0.4) is 0 Å². The summed E-state index contributed by atoms with van der Waals surface area (Å²) in [6, 6.07) is 15.9. The Kier molecular flexibility index (Phi) is 4.76. The van der Waals surface area contributed by atoms with Gasteiger partial charge in [0.1, 0.15) is 29.5 Å². The Bertz CT molecular complexity index is 1270. The van der Waals surface area contributed by atoms with Crippen LogP contribution in [0.15, 0.2) is 60.5 Å². The number of phenolic OH excluding ortho intramolecular Hbond substituents is 1. The lowest BCUT2D eigenvalue weighted by molar-refractivity contribution is 0.254. The lowest BCUT2D eigenvalue weighted by Gasteiger charge is -2.17. The Labute approximate surface area is 188 Å². The Hall–Kier alpha value is -3.62. The molecule has 1 aliphatic carbocycles. The average Bonchev–Trinajstić information content (AvgIpc) is 3.45. The molecule has 2 aliphatic rings. The van der Waals surface area contributed by atoms with Crippen LogP contribution < -0.4 is 15.2 Å². The second-order valence-electron chi connectivity index (χ2n) is 8.77. The number of nitrogens with two attached hydrogens (primary N) is 1. The maximum absolute atomic E-state index is 9.91. The number of phenols is 1. The van der Waals surface area contributed by atoms with Crippen molar-refractivity contribution in [3.05, 3.63) is 88.3 Å². The normalized spacial score (nSPS) is 15.2. The van der Waals surface area contributed by atoms with Gasteiger partial charge in [-0.1, -0.05) is 23.9 Å². The van der Waals surface area contributed by atoms with Crippen LogP contribution in [0.25, 0.3) is 16.7 Å². The van der Waals surface area contributed by atoms with E-state index in [-0.39, 0.29) is 5.60 Å². The van der Waals surface area contributed by atoms with E-state index in [1.54, 1.807) is 0 Å². The largest absolute Gasteiger partial charge is 0.508 e. The fraction of sp³-hybridized carbons (Fsp3) is 0.250. The summed E-state index contributed by atoms with van der Waals surface area (Å²) in [5, 5.41) is 9.91. The molecule has 1 saturated carbocycles. The van der Waals surface area contributed by atoms with E-state index in [1.165, 1.54) is 11.8 Å². The van der Waals surface area contributed by atoms with Crippen molar-refractivity contribution in [1.82, 2.24) is 0 Å². The maximum Gasteiger partial charge on any atom is 0.142 e. The standard InChI is InChI=1S/C28H27NO3/c1-17-13-21(30)14-18(2)27(17)23-6-4-5-20(19(23)3)16-31-22-7-8-24-25(9-12-29)28(10-11-28)32-26(24)15-22/h4-8,12-15,30H,10-11,16,29H2,1-3H3. The minimum Gasteiger partial charge on any atom is -0.508 e. The summed E-state index contributed by atoms with van der Waals surface area (Å²) >= 11 is 0. The molecule has 3 aromatic rings. The van der Waals surface area contributed by atoms with E-state index in [4.69, 9.17) is 15.2 Å². The van der Waals surface area contributed by atoms with E-state index in [9.17, 15) is 5.11 Å². The zero-order valence-corrected chi connectivity index (χ0v) is 18.7. The van der Waals surface area contributed by atoms with Gasteiger partial charge in [0, 0.05) is 23.4 Å². The van der Waals surface area contributed by atoms with E-state index in [0.29, 0.717) is 12.4 Å². The molecular weight excluding hydrogens is 398 g/mol. The summed E-state index contributed by atoms with van der Waals surface area (Å²) in [4.78, 5) is 0. The van der Waals surface area contributed by atoms with Crippen molar-refractivity contribution in [3.63, 3.8) is 0 Å². The van der Waals surface area contributed by atoms with E-state index < -0.39 is 0 Å². The minimum atomic E-state index is -0.235. The van der Waals surface area contributed by atoms with Crippen LogP contribution in [-0.4, -0.2) is 10.7 Å². The van der Waals surface area contributed by atoms with Gasteiger partial charge in [-0.25, -0.2) is 0 Å². The molecule has 5 rings (SSSR count). The third kappa shape index (κ3) is 3.34. The van der Waals surface area contributed by atoms with Crippen molar-refractivity contribution in [3.8, 4) is 28.4 Å². The third-order valence-corrected chi connectivity index (χ3v) is 6.54. The van der Waals surface area contributed by atoms with E-state index in [2.05, 4.69) is 30.9 Å². The SMILES string of the molecule is Cc1cc(O)cc(C)c1-c1cccc(COc2ccc3c(c2)OC2(CC2)C3=C=CN)c1C. The first-order valence-corrected chi connectivity index (χ1v) is 10.9. The Balaban J connectivity index is 1.41. The fourth-order valence-electron chi connectivity index (χ4n) is 4.79. The molecule has 0 aromatic heterocycles. The summed E-state index contributed by atoms with van der Waals surface area (Å²) in [6.07, 6.45) is 3.46. The van der Waals surface area contributed by atoms with Crippen molar-refractivity contribution in [1.29, 1.82) is 0 Å². The predicted molar refractivity (Wildman–Crippen MR) is 127 cm³/mol. The molecule has 0 amide bonds. The van der Waals surface area contributed by atoms with Crippen LogP contribution in [0.5, 0.6) is 17.2 Å². The second kappa shape index (κ2) is 7.51. The fourth-order valence-corrected chi connectivity index (χ4v) is 4.79. The molecule has 1 fully saturated rings. The number of rotatable bonds is 4. The van der Waals surface area contributed by atoms with Crippen molar-refractivity contribution in [2.24, 2.45) is 5.73 Å². The van der Waals surface area contributed by atoms with Gasteiger partial charge in [0.15, 0.2) is 0 Å². The Morgan fingerprint density at radius 3 is 2.50 bits per heavy atom. The van der Waals surface area contributed by atoms with Gasteiger partial charge in [-0.2, -0.15) is 0 Å². The quantitative estimate of drug-likeness (QED) is 0.508. The second-order valence-corrected chi connectivity index (χ2v) is 8.77. The van der Waals surface area contributed by atoms with Gasteiger partial charge in [0.25, 0.3) is 0 Å². The highest BCUT2D eigenvalue weighted by Gasteiger charge is 2.54. The van der Waals surface area contributed by atoms with Gasteiger partial charge < -0.3 is 20.3 Å². The molecule has 0 bridgehead atoms. The lowest BCUT2D eigenvalue weighted by Crippen LogP contribution is -2.12. The van der Waals surface area contributed by atoms with Gasteiger partial charge in [-0.05, 0) is 91.3 Å². The molecule has 3 aromatic carbocycles. The van der Waals surface area contributed by atoms with Crippen LogP contribution in [0.1, 0.15) is 40.7 Å². The van der Waals surface area contributed by atoms with Crippen molar-refractivity contribution in [2.45, 2.75) is 45.8 Å². The molecular formula is C28H27NO3. The molecule has 1 aliphatic heterocycles. The first-order chi connectivity index (χ1) is 15.4. The summed E-state index contributed by atoms with van der Waals surface area (Å²) in [5.74, 6) is 1.91. The van der Waals surface area contributed by atoms with Gasteiger partial charge in [-0.15, -0.1) is 0 Å². The third-order valence-electron chi connectivity index (χ3n) is 6.54. The first kappa shape index (κ1) is 20.3. The van der Waals surface area contributed by atoms with Gasteiger partial charge in [0.05, 0.1) is 0 Å². The Morgan fingerprint density at radius 1 is 1.06 bits per heavy atom. The average molecular weight is 426 g/mol. The summed E-state index contributed by atoms with van der Waals surface area (Å²) in [5.41, 5.74) is 17.4. The molecule has 0 saturated heterocycles. The summed E-state index contributed by atoms with van der Waals surface area (Å²) in [7, 11) is 0. The number of fused-ring (bicyclic) bond motifs is 1. The molecule has 3 N–H and O–H groups in total. The molecule has 0 atom stereocenters. The molecule has 4 heteroatoms. The lowest BCUT2D eigenvalue weighted by atomic mass is 9.90. The number of ether oxygens (including phenoxy) is 2. The van der Waals surface area contributed by atoms with Gasteiger partial charge >= 0.3 is 0 Å². The van der Waals surface area contributed by atoms with Crippen LogP contribution in [0.4, 0.5) is 0 Å². The smallest absolute Gasteiger partial charge is 0.142 e. The maximum atomic E-state index is 9.91. The van der Waals surface area contributed by atoms with E-state index in [0.717, 1.165) is 63.3 Å². The number of hydrogen-bond acceptors (Lipinski definition) is 4. The highest BCUT2D eigenvalue weighted by atomic mass is 16.5. The predicted octanol–water partition coefficient (Wildman–Crippen LogP) is 5.94. The highest BCUT2D eigenvalue weighted by molar-refractivity contribution is 5.82. The van der Waals surface area contributed by atoms with E-state index >= 15 is 0 Å². The zero-order chi connectivity index (χ0) is 22.5. The zero-order valence-electron chi connectivity index (χ0n) is 18.7. The van der Waals surface area contributed by atoms with Crippen molar-refractivity contribution in [2.75, 3.05) is 0 Å². The van der Waals surface area contributed by atoms with Gasteiger partial charge in [-0.3, -0.25) is 0 Å². The van der Waals surface area contributed by atoms with Crippen LogP contribution in [0, 0.1) is 20.8 Å². The first-order valence-electron chi connectivity index (χ1n) is 10.9. The molecule has 162 valence electrons. The molecule has 0 unspecified atom stereocenters. The monoisotopic (exact) mass is 425 g/mol. The molecule has 4 nitrogen and oxygen atoms in total. The van der Waals surface area contributed by atoms with Gasteiger partial charge in [0.2, 0.25) is 0 Å². The van der Waals surface area contributed by atoms with Crippen molar-refractivity contribution >= 4 is 5.57 Å². The van der Waals surface area contributed by atoms with E-state index in [1.807, 2.05) is 44.2 Å². The molecule has 32 heavy (non-hydrogen) atoms. The Morgan fingerprint density at radius 2 is 1.81 bits per heavy atom. The topological polar surface area (TPSA) is 64.7 Å². The minimum absolute atomic E-state index is 0.235. The molecule has 1 heterocycles. The van der Waals surface area contributed by atoms with Crippen LogP contribution >= 0.6 is 0 Å². The summed E-state index contributed by atoms with van der Waals surface area (Å²) in [6.45, 7) is 6.65. The molecule has 0 radical (unpaired) electrons. The number of aryl methyl sites for hydroxylation is 2. The summed E-state index contributed by atoms with van der Waals surface area (Å²) < 4.78 is 12.4. The van der Waals surface area contributed by atoms with Crippen LogP contribution in [0.2, 0.25) is 0 Å². The number of aromatic hydroxyl groups is 1. The number of benzene rings is 3. The highest BCUT2D eigenvalue weighted by Crippen LogP contribution is 2.57. The number of hydrogen-bond donors (Lipinski definition) is 2.